The van der Waals surface area contributed by atoms with Crippen LogP contribution >= 0.6 is 11.6 Å². The first kappa shape index (κ1) is 13.2. The maximum absolute atomic E-state index is 10.9. The molecule has 2 aromatic rings. The van der Waals surface area contributed by atoms with Crippen LogP contribution in [0.1, 0.15) is 0 Å². The summed E-state index contributed by atoms with van der Waals surface area (Å²) in [6.07, 6.45) is 0. The predicted octanol–water partition coefficient (Wildman–Crippen LogP) is 4.05. The van der Waals surface area contributed by atoms with Crippen molar-refractivity contribution >= 4 is 17.3 Å². The normalized spacial score (nSPS) is 10.0. The van der Waals surface area contributed by atoms with Crippen LogP contribution in [0.5, 0.6) is 17.2 Å². The van der Waals surface area contributed by atoms with Crippen LogP contribution in [0.15, 0.2) is 42.5 Å². The van der Waals surface area contributed by atoms with E-state index in [1.54, 1.807) is 24.3 Å². The van der Waals surface area contributed by atoms with E-state index in [0.717, 1.165) is 0 Å². The van der Waals surface area contributed by atoms with E-state index in [1.165, 1.54) is 25.3 Å². The summed E-state index contributed by atoms with van der Waals surface area (Å²) in [6.45, 7) is 0. The molecule has 0 saturated heterocycles. The molecule has 0 radical (unpaired) electrons. The van der Waals surface area contributed by atoms with Gasteiger partial charge in [-0.2, -0.15) is 0 Å². The molecule has 0 atom stereocenters. The summed E-state index contributed by atoms with van der Waals surface area (Å²) in [5.74, 6) is 1.06. The highest BCUT2D eigenvalue weighted by Crippen LogP contribution is 2.34. The van der Waals surface area contributed by atoms with E-state index in [9.17, 15) is 10.1 Å². The predicted molar refractivity (Wildman–Crippen MR) is 71.2 cm³/mol. The van der Waals surface area contributed by atoms with Crippen LogP contribution in [-0.4, -0.2) is 12.0 Å². The molecule has 0 aliphatic rings. The standard InChI is InChI=1S/C13H10ClNO4/c1-18-11-6-7-12(15(16)17)13(8-11)19-10-4-2-9(14)3-5-10/h2-8H,1H3. The molecule has 2 rings (SSSR count). The Morgan fingerprint density at radius 3 is 2.32 bits per heavy atom. The van der Waals surface area contributed by atoms with Crippen LogP contribution in [0.4, 0.5) is 5.69 Å². The van der Waals surface area contributed by atoms with Crippen LogP contribution < -0.4 is 9.47 Å². The lowest BCUT2D eigenvalue weighted by Crippen LogP contribution is -1.94. The number of nitrogens with zero attached hydrogens (tertiary/aromatic N) is 1. The van der Waals surface area contributed by atoms with E-state index in [1.807, 2.05) is 0 Å². The Morgan fingerprint density at radius 1 is 1.11 bits per heavy atom. The quantitative estimate of drug-likeness (QED) is 0.626. The Kier molecular flexibility index (Phi) is 3.87. The summed E-state index contributed by atoms with van der Waals surface area (Å²) < 4.78 is 10.5. The van der Waals surface area contributed by atoms with Gasteiger partial charge in [0.2, 0.25) is 5.75 Å². The van der Waals surface area contributed by atoms with Crippen molar-refractivity contribution in [2.24, 2.45) is 0 Å². The molecule has 98 valence electrons. The molecule has 0 unspecified atom stereocenters. The zero-order chi connectivity index (χ0) is 13.8. The molecule has 19 heavy (non-hydrogen) atoms. The Bertz CT molecular complexity index is 598. The molecule has 0 fully saturated rings. The van der Waals surface area contributed by atoms with Crippen molar-refractivity contribution in [2.45, 2.75) is 0 Å². The van der Waals surface area contributed by atoms with E-state index >= 15 is 0 Å². The monoisotopic (exact) mass is 279 g/mol. The molecule has 0 aliphatic carbocycles. The van der Waals surface area contributed by atoms with Crippen molar-refractivity contribution in [2.75, 3.05) is 7.11 Å². The van der Waals surface area contributed by atoms with Crippen molar-refractivity contribution < 1.29 is 14.4 Å². The Morgan fingerprint density at radius 2 is 1.74 bits per heavy atom. The second-order valence-corrected chi connectivity index (χ2v) is 4.08. The van der Waals surface area contributed by atoms with Crippen molar-refractivity contribution in [1.82, 2.24) is 0 Å². The largest absolute Gasteiger partial charge is 0.497 e. The second-order valence-electron chi connectivity index (χ2n) is 3.65. The third kappa shape index (κ3) is 3.14. The van der Waals surface area contributed by atoms with Crippen molar-refractivity contribution in [3.8, 4) is 17.2 Å². The Hall–Kier alpha value is -2.27. The summed E-state index contributed by atoms with van der Waals surface area (Å²) in [6, 6.07) is 10.9. The molecular formula is C13H10ClNO4. The number of nitro benzene ring substituents is 1. The first-order chi connectivity index (χ1) is 9.10. The fraction of sp³-hybridized carbons (Fsp3) is 0.0769. The molecule has 0 N–H and O–H groups in total. The Labute approximate surface area is 114 Å². The average molecular weight is 280 g/mol. The van der Waals surface area contributed by atoms with Gasteiger partial charge in [-0.05, 0) is 30.3 Å². The lowest BCUT2D eigenvalue weighted by molar-refractivity contribution is -0.385. The summed E-state index contributed by atoms with van der Waals surface area (Å²) in [5, 5.41) is 11.5. The highest BCUT2D eigenvalue weighted by Gasteiger charge is 2.16. The van der Waals surface area contributed by atoms with Crippen molar-refractivity contribution in [1.29, 1.82) is 0 Å². The number of nitro groups is 1. The molecule has 0 saturated carbocycles. The number of ether oxygens (including phenoxy) is 2. The number of methoxy groups -OCH3 is 1. The molecule has 5 nitrogen and oxygen atoms in total. The summed E-state index contributed by atoms with van der Waals surface area (Å²) >= 11 is 5.76. The molecule has 0 aromatic heterocycles. The number of halogens is 1. The summed E-state index contributed by atoms with van der Waals surface area (Å²) in [4.78, 5) is 10.4. The molecule has 0 heterocycles. The van der Waals surface area contributed by atoms with E-state index in [-0.39, 0.29) is 11.4 Å². The zero-order valence-electron chi connectivity index (χ0n) is 10.00. The maximum atomic E-state index is 10.9. The molecule has 6 heteroatoms. The van der Waals surface area contributed by atoms with Gasteiger partial charge in [0.1, 0.15) is 11.5 Å². The van der Waals surface area contributed by atoms with Crippen LogP contribution in [-0.2, 0) is 0 Å². The lowest BCUT2D eigenvalue weighted by Gasteiger charge is -2.08. The molecule has 0 spiro atoms. The highest BCUT2D eigenvalue weighted by molar-refractivity contribution is 6.30. The minimum atomic E-state index is -0.509. The van der Waals surface area contributed by atoms with Crippen LogP contribution in [0, 0.1) is 10.1 Å². The SMILES string of the molecule is COc1ccc([N+](=O)[O-])c(Oc2ccc(Cl)cc2)c1. The molecular weight excluding hydrogens is 270 g/mol. The van der Waals surface area contributed by atoms with Gasteiger partial charge in [-0.1, -0.05) is 11.6 Å². The van der Waals surface area contributed by atoms with Gasteiger partial charge in [0.05, 0.1) is 12.0 Å². The van der Waals surface area contributed by atoms with Crippen LogP contribution in [0.25, 0.3) is 0 Å². The first-order valence-electron chi connectivity index (χ1n) is 5.36. The second kappa shape index (κ2) is 5.58. The molecule has 0 bridgehead atoms. The van der Waals surface area contributed by atoms with Crippen molar-refractivity contribution in [3.63, 3.8) is 0 Å². The number of benzene rings is 2. The van der Waals surface area contributed by atoms with Gasteiger partial charge in [0.15, 0.2) is 0 Å². The first-order valence-corrected chi connectivity index (χ1v) is 5.74. The smallest absolute Gasteiger partial charge is 0.311 e. The minimum absolute atomic E-state index is 0.117. The van der Waals surface area contributed by atoms with Gasteiger partial charge >= 0.3 is 5.69 Å². The van der Waals surface area contributed by atoms with E-state index in [4.69, 9.17) is 21.1 Å². The van der Waals surface area contributed by atoms with Gasteiger partial charge in [0, 0.05) is 17.2 Å². The third-order valence-corrected chi connectivity index (χ3v) is 2.66. The summed E-state index contributed by atoms with van der Waals surface area (Å²) in [5.41, 5.74) is -0.129. The zero-order valence-corrected chi connectivity index (χ0v) is 10.8. The van der Waals surface area contributed by atoms with Gasteiger partial charge in [-0.3, -0.25) is 10.1 Å². The fourth-order valence-electron chi connectivity index (χ4n) is 1.48. The van der Waals surface area contributed by atoms with E-state index in [0.29, 0.717) is 16.5 Å². The maximum Gasteiger partial charge on any atom is 0.311 e. The molecule has 0 amide bonds. The highest BCUT2D eigenvalue weighted by atomic mass is 35.5. The van der Waals surface area contributed by atoms with Gasteiger partial charge in [-0.15, -0.1) is 0 Å². The molecule has 0 aliphatic heterocycles. The number of hydrogen-bond donors (Lipinski definition) is 0. The van der Waals surface area contributed by atoms with Gasteiger partial charge in [-0.25, -0.2) is 0 Å². The number of rotatable bonds is 4. The Balaban J connectivity index is 2.36. The molecule has 2 aromatic carbocycles. The summed E-state index contributed by atoms with van der Waals surface area (Å²) in [7, 11) is 1.48. The van der Waals surface area contributed by atoms with Gasteiger partial charge < -0.3 is 9.47 Å². The lowest BCUT2D eigenvalue weighted by atomic mass is 10.2. The van der Waals surface area contributed by atoms with Crippen molar-refractivity contribution in [3.05, 3.63) is 57.6 Å². The van der Waals surface area contributed by atoms with E-state index < -0.39 is 4.92 Å². The van der Waals surface area contributed by atoms with Crippen LogP contribution in [0.3, 0.4) is 0 Å². The van der Waals surface area contributed by atoms with Crippen LogP contribution in [0.2, 0.25) is 5.02 Å². The average Bonchev–Trinajstić information content (AvgIpc) is 2.41. The fourth-order valence-corrected chi connectivity index (χ4v) is 1.61. The third-order valence-electron chi connectivity index (χ3n) is 2.41. The minimum Gasteiger partial charge on any atom is -0.497 e. The van der Waals surface area contributed by atoms with E-state index in [2.05, 4.69) is 0 Å². The number of hydrogen-bond acceptors (Lipinski definition) is 4. The van der Waals surface area contributed by atoms with Gasteiger partial charge in [0.25, 0.3) is 0 Å². The topological polar surface area (TPSA) is 61.6 Å².